The van der Waals surface area contributed by atoms with Gasteiger partial charge < -0.3 is 15.1 Å². The van der Waals surface area contributed by atoms with Gasteiger partial charge in [0, 0.05) is 17.2 Å². The molecule has 7 heteroatoms. The van der Waals surface area contributed by atoms with Gasteiger partial charge in [-0.15, -0.1) is 0 Å². The number of amides is 3. The van der Waals surface area contributed by atoms with Crippen molar-refractivity contribution < 1.29 is 14.4 Å². The number of nitrogens with one attached hydrogen (secondary N) is 1. The zero-order valence-electron chi connectivity index (χ0n) is 13.5. The van der Waals surface area contributed by atoms with Crippen LogP contribution < -0.4 is 10.2 Å². The summed E-state index contributed by atoms with van der Waals surface area (Å²) in [5, 5.41) is 2.76. The summed E-state index contributed by atoms with van der Waals surface area (Å²) >= 11 is 3.33. The van der Waals surface area contributed by atoms with Crippen LogP contribution in [0.15, 0.2) is 53.0 Å². The third-order valence-electron chi connectivity index (χ3n) is 3.88. The average molecular weight is 402 g/mol. The molecule has 0 unspecified atom stereocenters. The Hall–Kier alpha value is -2.67. The maximum absolute atomic E-state index is 12.5. The van der Waals surface area contributed by atoms with Gasteiger partial charge in [0.15, 0.2) is 0 Å². The molecule has 128 valence electrons. The van der Waals surface area contributed by atoms with Gasteiger partial charge in [-0.1, -0.05) is 28.1 Å². The number of halogens is 1. The van der Waals surface area contributed by atoms with Crippen molar-refractivity contribution in [3.8, 4) is 0 Å². The Balaban J connectivity index is 1.84. The summed E-state index contributed by atoms with van der Waals surface area (Å²) in [6.07, 6.45) is 0. The molecule has 0 saturated heterocycles. The molecule has 1 N–H and O–H groups in total. The quantitative estimate of drug-likeness (QED) is 0.858. The summed E-state index contributed by atoms with van der Waals surface area (Å²) in [4.78, 5) is 40.0. The number of hydrogen-bond acceptors (Lipinski definition) is 3. The lowest BCUT2D eigenvalue weighted by Gasteiger charge is -2.21. The molecular weight excluding hydrogens is 386 g/mol. The molecule has 0 spiro atoms. The van der Waals surface area contributed by atoms with Gasteiger partial charge in [-0.25, -0.2) is 0 Å². The average Bonchev–Trinajstić information content (AvgIpc) is 2.68. The van der Waals surface area contributed by atoms with Crippen LogP contribution in [0.2, 0.25) is 0 Å². The van der Waals surface area contributed by atoms with Gasteiger partial charge in [-0.05, 0) is 36.4 Å². The van der Waals surface area contributed by atoms with E-state index in [0.717, 1.165) is 4.47 Å². The Morgan fingerprint density at radius 1 is 1.12 bits per heavy atom. The Kier molecular flexibility index (Phi) is 4.85. The second kappa shape index (κ2) is 7.06. The molecule has 3 rings (SSSR count). The van der Waals surface area contributed by atoms with Crippen LogP contribution in [0.3, 0.4) is 0 Å². The smallest absolute Gasteiger partial charge is 0.256 e. The van der Waals surface area contributed by atoms with E-state index in [4.69, 9.17) is 0 Å². The molecule has 2 aromatic rings. The number of nitrogens with zero attached hydrogens (tertiary/aromatic N) is 2. The standard InChI is InChI=1S/C18H16BrN3O3/c1-21-11-17(24)22(15-5-3-2-4-14(15)18(21)25)10-16(23)20-13-8-6-12(19)7-9-13/h2-9H,10-11H2,1H3,(H,20,23). The molecular formula is C18H16BrN3O3. The molecule has 3 amide bonds. The van der Waals surface area contributed by atoms with Crippen molar-refractivity contribution >= 4 is 45.0 Å². The number of benzene rings is 2. The first kappa shape index (κ1) is 17.2. The lowest BCUT2D eigenvalue weighted by atomic mass is 10.1. The molecule has 0 atom stereocenters. The first-order valence-corrected chi connectivity index (χ1v) is 8.45. The fourth-order valence-electron chi connectivity index (χ4n) is 2.64. The number of rotatable bonds is 3. The van der Waals surface area contributed by atoms with Crippen LogP contribution in [0.1, 0.15) is 10.4 Å². The SMILES string of the molecule is CN1CC(=O)N(CC(=O)Nc2ccc(Br)cc2)c2ccccc2C1=O. The molecule has 0 bridgehead atoms. The Labute approximate surface area is 153 Å². The number of hydrogen-bond donors (Lipinski definition) is 1. The molecule has 0 aromatic heterocycles. The van der Waals surface area contributed by atoms with Crippen LogP contribution in [0.4, 0.5) is 11.4 Å². The molecule has 6 nitrogen and oxygen atoms in total. The molecule has 0 saturated carbocycles. The second-order valence-electron chi connectivity index (χ2n) is 5.71. The molecule has 1 aliphatic heterocycles. The first-order valence-electron chi connectivity index (χ1n) is 7.66. The number of fused-ring (bicyclic) bond motifs is 1. The fraction of sp³-hybridized carbons (Fsp3) is 0.167. The summed E-state index contributed by atoms with van der Waals surface area (Å²) in [7, 11) is 1.57. The van der Waals surface area contributed by atoms with Crippen molar-refractivity contribution in [2.24, 2.45) is 0 Å². The summed E-state index contributed by atoms with van der Waals surface area (Å²) in [6.45, 7) is -0.230. The molecule has 1 aliphatic rings. The van der Waals surface area contributed by atoms with E-state index in [9.17, 15) is 14.4 Å². The van der Waals surface area contributed by atoms with Crippen molar-refractivity contribution in [2.75, 3.05) is 30.4 Å². The van der Waals surface area contributed by atoms with Crippen molar-refractivity contribution in [2.45, 2.75) is 0 Å². The first-order chi connectivity index (χ1) is 12.0. The highest BCUT2D eigenvalue weighted by Gasteiger charge is 2.30. The zero-order valence-corrected chi connectivity index (χ0v) is 15.1. The molecule has 0 aliphatic carbocycles. The maximum Gasteiger partial charge on any atom is 0.256 e. The van der Waals surface area contributed by atoms with Crippen molar-refractivity contribution in [3.05, 3.63) is 58.6 Å². The van der Waals surface area contributed by atoms with Gasteiger partial charge in [0.25, 0.3) is 5.91 Å². The van der Waals surface area contributed by atoms with Gasteiger partial charge in [0.2, 0.25) is 11.8 Å². The summed E-state index contributed by atoms with van der Waals surface area (Å²) in [5.41, 5.74) is 1.50. The van der Waals surface area contributed by atoms with Gasteiger partial charge >= 0.3 is 0 Å². The van der Waals surface area contributed by atoms with Crippen molar-refractivity contribution in [3.63, 3.8) is 0 Å². The van der Waals surface area contributed by atoms with Crippen LogP contribution in [0, 0.1) is 0 Å². The predicted molar refractivity (Wildman–Crippen MR) is 98.5 cm³/mol. The monoisotopic (exact) mass is 401 g/mol. The van der Waals surface area contributed by atoms with Gasteiger partial charge in [-0.2, -0.15) is 0 Å². The van der Waals surface area contributed by atoms with E-state index in [1.807, 2.05) is 12.1 Å². The van der Waals surface area contributed by atoms with Crippen LogP contribution in [-0.4, -0.2) is 42.8 Å². The topological polar surface area (TPSA) is 69.7 Å². The summed E-state index contributed by atoms with van der Waals surface area (Å²) in [6, 6.07) is 14.0. The number of para-hydroxylation sites is 1. The summed E-state index contributed by atoms with van der Waals surface area (Å²) < 4.78 is 0.906. The third kappa shape index (κ3) is 3.71. The highest BCUT2D eigenvalue weighted by Crippen LogP contribution is 2.25. The minimum Gasteiger partial charge on any atom is -0.332 e. The van der Waals surface area contributed by atoms with Crippen molar-refractivity contribution in [1.82, 2.24) is 4.90 Å². The number of carbonyl (C=O) groups is 3. The van der Waals surface area contributed by atoms with E-state index in [1.165, 1.54) is 9.80 Å². The largest absolute Gasteiger partial charge is 0.332 e. The van der Waals surface area contributed by atoms with Gasteiger partial charge in [-0.3, -0.25) is 14.4 Å². The van der Waals surface area contributed by atoms with E-state index < -0.39 is 0 Å². The van der Waals surface area contributed by atoms with E-state index in [2.05, 4.69) is 21.2 Å². The van der Waals surface area contributed by atoms with Crippen LogP contribution in [0.5, 0.6) is 0 Å². The Morgan fingerprint density at radius 2 is 1.80 bits per heavy atom. The number of carbonyl (C=O) groups excluding carboxylic acids is 3. The normalized spacial score (nSPS) is 14.2. The molecule has 1 heterocycles. The Morgan fingerprint density at radius 3 is 2.52 bits per heavy atom. The van der Waals surface area contributed by atoms with E-state index in [0.29, 0.717) is 16.9 Å². The fourth-order valence-corrected chi connectivity index (χ4v) is 2.90. The van der Waals surface area contributed by atoms with Crippen molar-refractivity contribution in [1.29, 1.82) is 0 Å². The van der Waals surface area contributed by atoms with Crippen LogP contribution >= 0.6 is 15.9 Å². The predicted octanol–water partition coefficient (Wildman–Crippen LogP) is 2.51. The van der Waals surface area contributed by atoms with Crippen LogP contribution in [0.25, 0.3) is 0 Å². The lowest BCUT2D eigenvalue weighted by molar-refractivity contribution is -0.121. The number of likely N-dealkylation sites (N-methyl/N-ethyl adjacent to an activating group) is 1. The lowest BCUT2D eigenvalue weighted by Crippen LogP contribution is -2.41. The second-order valence-corrected chi connectivity index (χ2v) is 6.63. The van der Waals surface area contributed by atoms with E-state index in [1.54, 1.807) is 43.4 Å². The molecule has 2 aromatic carbocycles. The summed E-state index contributed by atoms with van der Waals surface area (Å²) in [5.74, 6) is -0.867. The van der Waals surface area contributed by atoms with Gasteiger partial charge in [0.1, 0.15) is 13.1 Å². The molecule has 0 radical (unpaired) electrons. The number of anilines is 2. The highest BCUT2D eigenvalue weighted by molar-refractivity contribution is 9.10. The van der Waals surface area contributed by atoms with E-state index in [-0.39, 0.29) is 30.8 Å². The zero-order chi connectivity index (χ0) is 18.0. The molecule has 0 fully saturated rings. The van der Waals surface area contributed by atoms with E-state index >= 15 is 0 Å². The van der Waals surface area contributed by atoms with Crippen LogP contribution in [-0.2, 0) is 9.59 Å². The molecule has 25 heavy (non-hydrogen) atoms. The maximum atomic E-state index is 12.5. The Bertz CT molecular complexity index is 836. The third-order valence-corrected chi connectivity index (χ3v) is 4.40. The van der Waals surface area contributed by atoms with Gasteiger partial charge in [0.05, 0.1) is 11.3 Å². The highest BCUT2D eigenvalue weighted by atomic mass is 79.9. The minimum atomic E-state index is -0.331. The minimum absolute atomic E-state index is 0.0704.